The highest BCUT2D eigenvalue weighted by atomic mass is 35.5. The van der Waals surface area contributed by atoms with Crippen LogP contribution in [-0.2, 0) is 14.3 Å². The quantitative estimate of drug-likeness (QED) is 0.413. The molecule has 0 rings (SSSR count). The fraction of sp³-hybridized carbons (Fsp3) is 0.778. The van der Waals surface area contributed by atoms with E-state index in [1.807, 2.05) is 21.1 Å². The zero-order valence-corrected chi connectivity index (χ0v) is 10.2. The molecular formula is C9H18ClNO4. The van der Waals surface area contributed by atoms with Crippen molar-refractivity contribution >= 4 is 11.9 Å². The van der Waals surface area contributed by atoms with Crippen molar-refractivity contribution in [2.24, 2.45) is 0 Å². The Bertz CT molecular complexity index is 209. The lowest BCUT2D eigenvalue weighted by Crippen LogP contribution is -3.00. The molecule has 15 heavy (non-hydrogen) atoms. The summed E-state index contributed by atoms with van der Waals surface area (Å²) < 4.78 is 5.46. The molecule has 0 aromatic carbocycles. The Hall–Kier alpha value is -0.810. The predicted octanol–water partition coefficient (Wildman–Crippen LogP) is -2.90. The molecule has 0 bridgehead atoms. The standard InChI is InChI=1S/C9H17NO4.ClH/c1-7(11)14-8(5-9(12)13)6-10(2,3)4;/h8H,5-6H2,1-4H3;1H/t8-;/m0./s1. The third-order valence-electron chi connectivity index (χ3n) is 1.49. The molecule has 0 saturated carbocycles. The molecule has 0 saturated heterocycles. The SMILES string of the molecule is CC(=O)O[C@@H](CC(=O)O)C[N+](C)(C)C.[Cl-]. The highest BCUT2D eigenvalue weighted by Gasteiger charge is 2.23. The molecule has 0 aromatic rings. The van der Waals surface area contributed by atoms with Crippen molar-refractivity contribution in [3.8, 4) is 0 Å². The molecule has 6 heteroatoms. The number of carbonyl (C=O) groups excluding carboxylic acids is 1. The number of halogens is 1. The summed E-state index contributed by atoms with van der Waals surface area (Å²) in [5, 5.41) is 8.60. The molecule has 1 N–H and O–H groups in total. The lowest BCUT2D eigenvalue weighted by Gasteiger charge is -2.28. The van der Waals surface area contributed by atoms with Gasteiger partial charge in [0.2, 0.25) is 0 Å². The molecule has 0 spiro atoms. The molecule has 5 nitrogen and oxygen atoms in total. The molecule has 0 heterocycles. The van der Waals surface area contributed by atoms with E-state index in [2.05, 4.69) is 0 Å². The van der Waals surface area contributed by atoms with Gasteiger partial charge in [0.05, 0.1) is 27.6 Å². The summed E-state index contributed by atoms with van der Waals surface area (Å²) in [5.41, 5.74) is 0. The van der Waals surface area contributed by atoms with Gasteiger partial charge >= 0.3 is 11.9 Å². The molecule has 0 aromatic heterocycles. The molecule has 1 atom stereocenters. The molecule has 0 radical (unpaired) electrons. The van der Waals surface area contributed by atoms with Crippen molar-refractivity contribution < 1.29 is 36.3 Å². The normalized spacial score (nSPS) is 12.5. The Kier molecular flexibility index (Phi) is 7.35. The number of likely N-dealkylation sites (N-methyl/N-ethyl adjacent to an activating group) is 1. The topological polar surface area (TPSA) is 63.6 Å². The number of esters is 1. The largest absolute Gasteiger partial charge is 1.00 e. The van der Waals surface area contributed by atoms with E-state index in [9.17, 15) is 9.59 Å². The van der Waals surface area contributed by atoms with Crippen LogP contribution in [0.2, 0.25) is 0 Å². The molecule has 0 unspecified atom stereocenters. The molecule has 0 aliphatic heterocycles. The Balaban J connectivity index is 0. The third-order valence-corrected chi connectivity index (χ3v) is 1.49. The number of ether oxygens (including phenoxy) is 1. The van der Waals surface area contributed by atoms with E-state index in [1.54, 1.807) is 0 Å². The first kappa shape index (κ1) is 16.6. The van der Waals surface area contributed by atoms with Gasteiger partial charge in [-0.05, 0) is 0 Å². The number of nitrogens with zero attached hydrogens (tertiary/aromatic N) is 1. The van der Waals surface area contributed by atoms with Crippen molar-refractivity contribution in [3.05, 3.63) is 0 Å². The first-order chi connectivity index (χ1) is 6.20. The summed E-state index contributed by atoms with van der Waals surface area (Å²) in [7, 11) is 5.75. The van der Waals surface area contributed by atoms with Gasteiger partial charge in [-0.2, -0.15) is 0 Å². The van der Waals surface area contributed by atoms with Crippen molar-refractivity contribution in [1.29, 1.82) is 0 Å². The maximum absolute atomic E-state index is 10.7. The number of carboxylic acid groups (broad SMARTS) is 1. The van der Waals surface area contributed by atoms with E-state index in [4.69, 9.17) is 9.84 Å². The summed E-state index contributed by atoms with van der Waals surface area (Å²) in [6.07, 6.45) is -0.695. The van der Waals surface area contributed by atoms with E-state index in [0.717, 1.165) is 0 Å². The first-order valence-electron chi connectivity index (χ1n) is 4.40. The fourth-order valence-electron chi connectivity index (χ4n) is 1.18. The van der Waals surface area contributed by atoms with E-state index >= 15 is 0 Å². The van der Waals surface area contributed by atoms with Crippen molar-refractivity contribution in [2.45, 2.75) is 19.4 Å². The molecule has 0 amide bonds. The minimum Gasteiger partial charge on any atom is -1.00 e. The highest BCUT2D eigenvalue weighted by Crippen LogP contribution is 2.04. The summed E-state index contributed by atoms with van der Waals surface area (Å²) >= 11 is 0. The van der Waals surface area contributed by atoms with Crippen LogP contribution in [0.15, 0.2) is 0 Å². The van der Waals surface area contributed by atoms with E-state index in [-0.39, 0.29) is 18.8 Å². The smallest absolute Gasteiger partial charge is 0.307 e. The molecule has 0 aliphatic rings. The minimum atomic E-state index is -0.954. The van der Waals surface area contributed by atoms with Crippen LogP contribution in [0.4, 0.5) is 0 Å². The minimum absolute atomic E-state index is 0. The van der Waals surface area contributed by atoms with Gasteiger partial charge in [-0.25, -0.2) is 0 Å². The van der Waals surface area contributed by atoms with Gasteiger partial charge in [0.15, 0.2) is 6.10 Å². The highest BCUT2D eigenvalue weighted by molar-refractivity contribution is 5.69. The second-order valence-electron chi connectivity index (χ2n) is 4.30. The number of carbonyl (C=O) groups is 2. The van der Waals surface area contributed by atoms with Crippen LogP contribution in [0.25, 0.3) is 0 Å². The van der Waals surface area contributed by atoms with Crippen molar-refractivity contribution in [2.75, 3.05) is 27.7 Å². The third kappa shape index (κ3) is 11.1. The zero-order chi connectivity index (χ0) is 11.4. The molecule has 90 valence electrons. The van der Waals surface area contributed by atoms with E-state index in [1.165, 1.54) is 6.92 Å². The van der Waals surface area contributed by atoms with Gasteiger partial charge in [-0.3, -0.25) is 9.59 Å². The second-order valence-corrected chi connectivity index (χ2v) is 4.30. The average Bonchev–Trinajstić information content (AvgIpc) is 1.77. The van der Waals surface area contributed by atoms with Crippen LogP contribution >= 0.6 is 0 Å². The van der Waals surface area contributed by atoms with Gasteiger partial charge in [-0.1, -0.05) is 0 Å². The van der Waals surface area contributed by atoms with Crippen molar-refractivity contribution in [1.82, 2.24) is 0 Å². The van der Waals surface area contributed by atoms with Gasteiger partial charge < -0.3 is 26.7 Å². The molecular weight excluding hydrogens is 222 g/mol. The fourth-order valence-corrected chi connectivity index (χ4v) is 1.18. The summed E-state index contributed by atoms with van der Waals surface area (Å²) in [6.45, 7) is 1.77. The van der Waals surface area contributed by atoms with Crippen LogP contribution in [-0.4, -0.2) is 55.3 Å². The lowest BCUT2D eigenvalue weighted by molar-refractivity contribution is -0.873. The number of aliphatic carboxylic acids is 1. The monoisotopic (exact) mass is 239 g/mol. The lowest BCUT2D eigenvalue weighted by atomic mass is 10.2. The Morgan fingerprint density at radius 1 is 1.33 bits per heavy atom. The number of rotatable bonds is 5. The van der Waals surface area contributed by atoms with E-state index < -0.39 is 18.0 Å². The van der Waals surface area contributed by atoms with Gasteiger partial charge in [0.25, 0.3) is 0 Å². The van der Waals surface area contributed by atoms with Gasteiger partial charge in [0, 0.05) is 6.92 Å². The van der Waals surface area contributed by atoms with Crippen molar-refractivity contribution in [3.63, 3.8) is 0 Å². The maximum atomic E-state index is 10.7. The Labute approximate surface area is 96.0 Å². The number of hydrogen-bond acceptors (Lipinski definition) is 3. The van der Waals surface area contributed by atoms with Crippen LogP contribution in [0.5, 0.6) is 0 Å². The number of carboxylic acids is 1. The zero-order valence-electron chi connectivity index (χ0n) is 9.49. The molecule has 0 fully saturated rings. The number of quaternary nitrogens is 1. The second kappa shape index (κ2) is 6.63. The Morgan fingerprint density at radius 3 is 2.07 bits per heavy atom. The predicted molar refractivity (Wildman–Crippen MR) is 50.7 cm³/mol. The summed E-state index contributed by atoms with van der Waals surface area (Å²) in [5.74, 6) is -1.39. The number of hydrogen-bond donors (Lipinski definition) is 1. The van der Waals surface area contributed by atoms with Crippen LogP contribution in [0.1, 0.15) is 13.3 Å². The van der Waals surface area contributed by atoms with Gasteiger partial charge in [-0.15, -0.1) is 0 Å². The van der Waals surface area contributed by atoms with Crippen LogP contribution < -0.4 is 12.4 Å². The van der Waals surface area contributed by atoms with Gasteiger partial charge in [0.1, 0.15) is 6.54 Å². The summed E-state index contributed by atoms with van der Waals surface area (Å²) in [6, 6.07) is 0. The molecule has 0 aliphatic carbocycles. The van der Waals surface area contributed by atoms with Crippen LogP contribution in [0.3, 0.4) is 0 Å². The maximum Gasteiger partial charge on any atom is 0.307 e. The summed E-state index contributed by atoms with van der Waals surface area (Å²) in [4.78, 5) is 21.2. The van der Waals surface area contributed by atoms with Crippen LogP contribution in [0, 0.1) is 0 Å². The average molecular weight is 240 g/mol. The Morgan fingerprint density at radius 2 is 1.80 bits per heavy atom. The van der Waals surface area contributed by atoms with E-state index in [0.29, 0.717) is 11.0 Å². The first-order valence-corrected chi connectivity index (χ1v) is 4.40.